The number of carbonyl (C=O) groups excluding carboxylic acids is 1. The van der Waals surface area contributed by atoms with Crippen molar-refractivity contribution < 1.29 is 18.3 Å². The van der Waals surface area contributed by atoms with Crippen molar-refractivity contribution in [3.63, 3.8) is 0 Å². The lowest BCUT2D eigenvalue weighted by Crippen LogP contribution is -2.29. The molecule has 1 saturated heterocycles. The van der Waals surface area contributed by atoms with Crippen molar-refractivity contribution in [3.05, 3.63) is 40.3 Å². The minimum atomic E-state index is -0.594. The van der Waals surface area contributed by atoms with Crippen LogP contribution in [0.2, 0.25) is 0 Å². The third-order valence-corrected chi connectivity index (χ3v) is 6.77. The predicted molar refractivity (Wildman–Crippen MR) is 90.5 cm³/mol. The minimum Gasteiger partial charge on any atom is -0.380 e. The molecule has 2 aliphatic rings. The summed E-state index contributed by atoms with van der Waals surface area (Å²) in [5.41, 5.74) is 1.52. The molecule has 7 heteroatoms. The van der Waals surface area contributed by atoms with Crippen molar-refractivity contribution in [1.29, 1.82) is 0 Å². The summed E-state index contributed by atoms with van der Waals surface area (Å²) in [5.74, 6) is -0.569. The van der Waals surface area contributed by atoms with E-state index in [1.54, 1.807) is 12.0 Å². The van der Waals surface area contributed by atoms with Gasteiger partial charge in [0.05, 0.1) is 15.9 Å². The van der Waals surface area contributed by atoms with Crippen molar-refractivity contribution in [1.82, 2.24) is 4.90 Å². The third kappa shape index (κ3) is 2.64. The molecule has 0 radical (unpaired) electrons. The van der Waals surface area contributed by atoms with Crippen LogP contribution in [-0.4, -0.2) is 37.1 Å². The summed E-state index contributed by atoms with van der Waals surface area (Å²) in [6.45, 7) is 1.26. The van der Waals surface area contributed by atoms with Gasteiger partial charge in [0.25, 0.3) is 5.91 Å². The fraction of sp³-hybridized carbons (Fsp3) is 0.353. The Morgan fingerprint density at radius 1 is 1.33 bits per heavy atom. The van der Waals surface area contributed by atoms with E-state index < -0.39 is 11.6 Å². The van der Waals surface area contributed by atoms with Gasteiger partial charge >= 0.3 is 0 Å². The molecular weight excluding hydrogens is 352 g/mol. The van der Waals surface area contributed by atoms with Gasteiger partial charge in [-0.2, -0.15) is 0 Å². The SMILES string of the molecule is COC1CCN(C(=O)c2cc3c(s2)-c2cc(F)cc(F)c2SC3)C1. The van der Waals surface area contributed by atoms with Crippen LogP contribution in [0.4, 0.5) is 8.78 Å². The molecule has 4 rings (SSSR count). The lowest BCUT2D eigenvalue weighted by Gasteiger charge is -2.16. The smallest absolute Gasteiger partial charge is 0.264 e. The third-order valence-electron chi connectivity index (χ3n) is 4.41. The second kappa shape index (κ2) is 6.13. The number of hydrogen-bond donors (Lipinski definition) is 0. The number of nitrogens with zero attached hydrogens (tertiary/aromatic N) is 1. The molecule has 0 saturated carbocycles. The van der Waals surface area contributed by atoms with Gasteiger partial charge in [-0.3, -0.25) is 4.79 Å². The first kappa shape index (κ1) is 16.1. The van der Waals surface area contributed by atoms with Crippen LogP contribution < -0.4 is 0 Å². The van der Waals surface area contributed by atoms with E-state index in [9.17, 15) is 13.6 Å². The van der Waals surface area contributed by atoms with Gasteiger partial charge in [-0.1, -0.05) is 0 Å². The van der Waals surface area contributed by atoms with Gasteiger partial charge in [0.2, 0.25) is 0 Å². The normalized spacial score (nSPS) is 19.3. The molecule has 1 fully saturated rings. The maximum atomic E-state index is 14.0. The Balaban J connectivity index is 1.68. The molecule has 3 nitrogen and oxygen atoms in total. The molecule has 1 aromatic carbocycles. The number of thiophene rings is 1. The first-order valence-electron chi connectivity index (χ1n) is 7.64. The Morgan fingerprint density at radius 2 is 2.17 bits per heavy atom. The lowest BCUT2D eigenvalue weighted by atomic mass is 10.1. The molecular formula is C17H15F2NO2S2. The molecule has 24 heavy (non-hydrogen) atoms. The van der Waals surface area contributed by atoms with E-state index in [1.165, 1.54) is 29.2 Å². The van der Waals surface area contributed by atoms with Crippen LogP contribution in [0.25, 0.3) is 10.4 Å². The summed E-state index contributed by atoms with van der Waals surface area (Å²) in [6, 6.07) is 4.12. The van der Waals surface area contributed by atoms with Crippen molar-refractivity contribution in [2.24, 2.45) is 0 Å². The number of fused-ring (bicyclic) bond motifs is 3. The summed E-state index contributed by atoms with van der Waals surface area (Å²) in [7, 11) is 1.65. The molecule has 1 amide bonds. The summed E-state index contributed by atoms with van der Waals surface area (Å²) >= 11 is 2.67. The van der Waals surface area contributed by atoms with E-state index in [2.05, 4.69) is 0 Å². The van der Waals surface area contributed by atoms with Crippen LogP contribution in [0.15, 0.2) is 23.1 Å². The number of hydrogen-bond acceptors (Lipinski definition) is 4. The van der Waals surface area contributed by atoms with E-state index in [-0.39, 0.29) is 12.0 Å². The van der Waals surface area contributed by atoms with Gasteiger partial charge in [-0.15, -0.1) is 23.1 Å². The van der Waals surface area contributed by atoms with E-state index in [0.717, 1.165) is 22.9 Å². The van der Waals surface area contributed by atoms with Crippen LogP contribution in [0, 0.1) is 11.6 Å². The van der Waals surface area contributed by atoms with Gasteiger partial charge in [0.15, 0.2) is 0 Å². The van der Waals surface area contributed by atoms with Crippen molar-refractivity contribution in [2.45, 2.75) is 23.2 Å². The minimum absolute atomic E-state index is 0.0302. The highest BCUT2D eigenvalue weighted by Crippen LogP contribution is 2.47. The van der Waals surface area contributed by atoms with Gasteiger partial charge in [-0.25, -0.2) is 8.78 Å². The number of carbonyl (C=O) groups is 1. The number of benzene rings is 1. The number of thioether (sulfide) groups is 1. The standard InChI is InChI=1S/C17H15F2NO2S2/c1-22-11-2-3-20(7-11)17(21)14-4-9-8-23-16-12(15(9)24-14)5-10(18)6-13(16)19/h4-6,11H,2-3,7-8H2,1H3. The molecule has 0 bridgehead atoms. The first-order chi connectivity index (χ1) is 11.6. The summed E-state index contributed by atoms with van der Waals surface area (Å²) < 4.78 is 32.9. The quantitative estimate of drug-likeness (QED) is 0.798. The Kier molecular flexibility index (Phi) is 4.10. The molecule has 2 aliphatic heterocycles. The van der Waals surface area contributed by atoms with Crippen LogP contribution in [0.5, 0.6) is 0 Å². The first-order valence-corrected chi connectivity index (χ1v) is 9.44. The molecule has 1 unspecified atom stereocenters. The molecule has 1 atom stereocenters. The molecule has 3 heterocycles. The zero-order valence-corrected chi connectivity index (χ0v) is 14.6. The van der Waals surface area contributed by atoms with Crippen LogP contribution >= 0.6 is 23.1 Å². The summed E-state index contributed by atoms with van der Waals surface area (Å²) in [4.78, 5) is 16.4. The Morgan fingerprint density at radius 3 is 2.92 bits per heavy atom. The van der Waals surface area contributed by atoms with Crippen molar-refractivity contribution in [3.8, 4) is 10.4 Å². The summed E-state index contributed by atoms with van der Waals surface area (Å²) in [5, 5.41) is 0. The molecule has 1 aromatic heterocycles. The van der Waals surface area contributed by atoms with Gasteiger partial charge in [0.1, 0.15) is 11.6 Å². The van der Waals surface area contributed by atoms with Crippen molar-refractivity contribution >= 4 is 29.0 Å². The second-order valence-electron chi connectivity index (χ2n) is 5.92. The lowest BCUT2D eigenvalue weighted by molar-refractivity contribution is 0.0728. The number of ether oxygens (including phenoxy) is 1. The topological polar surface area (TPSA) is 29.5 Å². The van der Waals surface area contributed by atoms with E-state index >= 15 is 0 Å². The second-order valence-corrected chi connectivity index (χ2v) is 7.95. The van der Waals surface area contributed by atoms with Crippen LogP contribution in [0.3, 0.4) is 0 Å². The molecule has 0 N–H and O–H groups in total. The van der Waals surface area contributed by atoms with Crippen LogP contribution in [-0.2, 0) is 10.5 Å². The molecule has 2 aromatic rings. The number of amides is 1. The van der Waals surface area contributed by atoms with Crippen LogP contribution in [0.1, 0.15) is 21.7 Å². The highest BCUT2D eigenvalue weighted by Gasteiger charge is 2.30. The Hall–Kier alpha value is -1.44. The zero-order chi connectivity index (χ0) is 16.8. The monoisotopic (exact) mass is 367 g/mol. The highest BCUT2D eigenvalue weighted by molar-refractivity contribution is 7.98. The zero-order valence-electron chi connectivity index (χ0n) is 13.0. The van der Waals surface area contributed by atoms with Gasteiger partial charge < -0.3 is 9.64 Å². The predicted octanol–water partition coefficient (Wildman–Crippen LogP) is 4.16. The fourth-order valence-electron chi connectivity index (χ4n) is 3.16. The average Bonchev–Trinajstić information content (AvgIpc) is 3.20. The van der Waals surface area contributed by atoms with E-state index in [4.69, 9.17) is 4.74 Å². The fourth-order valence-corrected chi connectivity index (χ4v) is 5.52. The van der Waals surface area contributed by atoms with Gasteiger partial charge in [-0.05, 0) is 24.1 Å². The average molecular weight is 367 g/mol. The van der Waals surface area contributed by atoms with Crippen molar-refractivity contribution in [2.75, 3.05) is 20.2 Å². The number of halogens is 2. The Labute approximate surface area is 146 Å². The largest absolute Gasteiger partial charge is 0.380 e. The molecule has 0 spiro atoms. The molecule has 0 aliphatic carbocycles. The van der Waals surface area contributed by atoms with E-state index in [0.29, 0.717) is 34.2 Å². The summed E-state index contributed by atoms with van der Waals surface area (Å²) in [6.07, 6.45) is 0.922. The maximum Gasteiger partial charge on any atom is 0.264 e. The van der Waals surface area contributed by atoms with Gasteiger partial charge in [0, 0.05) is 42.5 Å². The number of methoxy groups -OCH3 is 1. The number of likely N-dealkylation sites (tertiary alicyclic amines) is 1. The Bertz CT molecular complexity index is 821. The highest BCUT2D eigenvalue weighted by atomic mass is 32.2. The van der Waals surface area contributed by atoms with E-state index in [1.807, 2.05) is 6.07 Å². The molecule has 126 valence electrons. The number of rotatable bonds is 2. The maximum absolute atomic E-state index is 14.0.